The number of hydrogen-bond donors (Lipinski definition) is 2. The third-order valence-corrected chi connectivity index (χ3v) is 3.29. The number of carbonyl (C=O) groups is 2. The molecule has 0 saturated carbocycles. The van der Waals surface area contributed by atoms with Crippen LogP contribution in [0.15, 0.2) is 6.20 Å². The summed E-state index contributed by atoms with van der Waals surface area (Å²) in [5.41, 5.74) is 1.25. The van der Waals surface area contributed by atoms with Crippen LogP contribution in [0.4, 0.5) is 0 Å². The van der Waals surface area contributed by atoms with Crippen LogP contribution < -0.4 is 5.32 Å². The molecule has 7 nitrogen and oxygen atoms in total. The fourth-order valence-electron chi connectivity index (χ4n) is 2.19. The summed E-state index contributed by atoms with van der Waals surface area (Å²) in [6, 6.07) is -0.453. The number of piperazine rings is 1. The van der Waals surface area contributed by atoms with E-state index in [2.05, 4.69) is 15.5 Å². The first kappa shape index (κ1) is 13.5. The molecule has 0 spiro atoms. The number of carbonyl (C=O) groups excluding carboxylic acids is 2. The molecule has 0 aliphatic carbocycles. The molecule has 1 unspecified atom stereocenters. The van der Waals surface area contributed by atoms with E-state index >= 15 is 0 Å². The Labute approximate surface area is 111 Å². The molecule has 1 saturated heterocycles. The lowest BCUT2D eigenvalue weighted by atomic mass is 10.1. The first-order chi connectivity index (χ1) is 9.02. The summed E-state index contributed by atoms with van der Waals surface area (Å²) in [4.78, 5) is 27.8. The number of nitrogens with one attached hydrogen (secondary N) is 2. The van der Waals surface area contributed by atoms with Crippen molar-refractivity contribution >= 4 is 11.8 Å². The van der Waals surface area contributed by atoms with E-state index < -0.39 is 6.04 Å². The van der Waals surface area contributed by atoms with E-state index in [1.165, 1.54) is 11.1 Å². The fourth-order valence-corrected chi connectivity index (χ4v) is 2.19. The predicted octanol–water partition coefficient (Wildman–Crippen LogP) is -0.780. The van der Waals surface area contributed by atoms with Gasteiger partial charge in [-0.1, -0.05) is 0 Å². The number of hydrogen-bond acceptors (Lipinski definition) is 4. The van der Waals surface area contributed by atoms with Gasteiger partial charge in [0.05, 0.1) is 11.8 Å². The van der Waals surface area contributed by atoms with Crippen LogP contribution in [0.2, 0.25) is 0 Å². The fraction of sp³-hybridized carbons (Fsp3) is 0.583. The van der Waals surface area contributed by atoms with E-state index in [-0.39, 0.29) is 11.8 Å². The summed E-state index contributed by atoms with van der Waals surface area (Å²) in [5, 5.41) is 9.76. The van der Waals surface area contributed by atoms with E-state index in [0.717, 1.165) is 5.69 Å². The Bertz CT molecular complexity index is 482. The molecular formula is C12H19N5O2. The van der Waals surface area contributed by atoms with Gasteiger partial charge in [-0.05, 0) is 6.92 Å². The Morgan fingerprint density at radius 2 is 2.21 bits per heavy atom. The van der Waals surface area contributed by atoms with Crippen molar-refractivity contribution in [3.63, 3.8) is 0 Å². The topological polar surface area (TPSA) is 81.3 Å². The van der Waals surface area contributed by atoms with Gasteiger partial charge in [0.15, 0.2) is 0 Å². The van der Waals surface area contributed by atoms with Crippen molar-refractivity contribution in [2.24, 2.45) is 0 Å². The van der Waals surface area contributed by atoms with Crippen molar-refractivity contribution in [2.45, 2.75) is 13.0 Å². The summed E-state index contributed by atoms with van der Waals surface area (Å²) in [5.74, 6) is -0.213. The monoisotopic (exact) mass is 265 g/mol. The minimum Gasteiger partial charge on any atom is -0.347 e. The second-order valence-electron chi connectivity index (χ2n) is 4.86. The largest absolute Gasteiger partial charge is 0.347 e. The van der Waals surface area contributed by atoms with E-state index in [1.54, 1.807) is 25.9 Å². The smallest absolute Gasteiger partial charge is 0.258 e. The van der Waals surface area contributed by atoms with Crippen molar-refractivity contribution in [3.05, 3.63) is 17.5 Å². The molecule has 1 aromatic rings. The summed E-state index contributed by atoms with van der Waals surface area (Å²) < 4.78 is 0. The van der Waals surface area contributed by atoms with Crippen LogP contribution >= 0.6 is 0 Å². The van der Waals surface area contributed by atoms with E-state index in [1.807, 2.05) is 0 Å². The molecule has 104 valence electrons. The van der Waals surface area contributed by atoms with Crippen molar-refractivity contribution in [1.29, 1.82) is 0 Å². The molecule has 0 bridgehead atoms. The Balaban J connectivity index is 2.23. The minimum atomic E-state index is -0.453. The van der Waals surface area contributed by atoms with Gasteiger partial charge in [0.25, 0.3) is 5.91 Å². The summed E-state index contributed by atoms with van der Waals surface area (Å²) in [6.45, 7) is 3.50. The SMILES string of the molecule is Cc1[nH]ncc1C(=O)N1CCNCC1C(=O)N(C)C. The van der Waals surface area contributed by atoms with Gasteiger partial charge in [0, 0.05) is 39.4 Å². The second-order valence-corrected chi connectivity index (χ2v) is 4.86. The number of rotatable bonds is 2. The number of nitrogens with zero attached hydrogens (tertiary/aromatic N) is 3. The van der Waals surface area contributed by atoms with Crippen LogP contribution in [0, 0.1) is 6.92 Å². The molecule has 2 heterocycles. The molecule has 2 rings (SSSR count). The first-order valence-corrected chi connectivity index (χ1v) is 6.25. The normalized spacial score (nSPS) is 19.3. The van der Waals surface area contributed by atoms with Gasteiger partial charge in [-0.15, -0.1) is 0 Å². The Morgan fingerprint density at radius 3 is 2.79 bits per heavy atom. The Hall–Kier alpha value is -1.89. The highest BCUT2D eigenvalue weighted by atomic mass is 16.2. The van der Waals surface area contributed by atoms with Gasteiger partial charge in [-0.2, -0.15) is 5.10 Å². The molecule has 7 heteroatoms. The maximum Gasteiger partial charge on any atom is 0.258 e. The lowest BCUT2D eigenvalue weighted by Crippen LogP contribution is -2.59. The van der Waals surface area contributed by atoms with Gasteiger partial charge >= 0.3 is 0 Å². The van der Waals surface area contributed by atoms with Gasteiger partial charge in [0.1, 0.15) is 6.04 Å². The number of likely N-dealkylation sites (N-methyl/N-ethyl adjacent to an activating group) is 1. The predicted molar refractivity (Wildman–Crippen MR) is 69.7 cm³/mol. The van der Waals surface area contributed by atoms with E-state index in [0.29, 0.717) is 25.2 Å². The van der Waals surface area contributed by atoms with Crippen molar-refractivity contribution in [2.75, 3.05) is 33.7 Å². The highest BCUT2D eigenvalue weighted by Gasteiger charge is 2.34. The summed E-state index contributed by atoms with van der Waals surface area (Å²) in [7, 11) is 3.39. The van der Waals surface area contributed by atoms with Gasteiger partial charge in [0.2, 0.25) is 5.91 Å². The molecule has 1 aliphatic heterocycles. The molecule has 0 radical (unpaired) electrons. The standard InChI is InChI=1S/C12H19N5O2/c1-8-9(6-14-15-8)11(18)17-5-4-13-7-10(17)12(19)16(2)3/h6,10,13H,4-5,7H2,1-3H3,(H,14,15). The molecule has 19 heavy (non-hydrogen) atoms. The molecule has 1 aromatic heterocycles. The number of aryl methyl sites for hydroxylation is 1. The van der Waals surface area contributed by atoms with Gasteiger partial charge in [-0.3, -0.25) is 14.7 Å². The molecular weight excluding hydrogens is 246 g/mol. The minimum absolute atomic E-state index is 0.0679. The molecule has 2 amide bonds. The van der Waals surface area contributed by atoms with Crippen LogP contribution in [0.3, 0.4) is 0 Å². The van der Waals surface area contributed by atoms with Crippen molar-refractivity contribution in [3.8, 4) is 0 Å². The zero-order chi connectivity index (χ0) is 14.0. The van der Waals surface area contributed by atoms with Crippen LogP contribution in [0.25, 0.3) is 0 Å². The first-order valence-electron chi connectivity index (χ1n) is 6.25. The molecule has 1 aliphatic rings. The molecule has 1 atom stereocenters. The number of H-pyrrole nitrogens is 1. The van der Waals surface area contributed by atoms with Crippen LogP contribution in [-0.4, -0.2) is 71.6 Å². The zero-order valence-electron chi connectivity index (χ0n) is 11.4. The lowest BCUT2D eigenvalue weighted by molar-refractivity contribution is -0.134. The van der Waals surface area contributed by atoms with Crippen LogP contribution in [-0.2, 0) is 4.79 Å². The average molecular weight is 265 g/mol. The highest BCUT2D eigenvalue weighted by molar-refractivity contribution is 5.98. The van der Waals surface area contributed by atoms with Crippen LogP contribution in [0.1, 0.15) is 16.1 Å². The third-order valence-electron chi connectivity index (χ3n) is 3.29. The third kappa shape index (κ3) is 2.60. The number of aromatic nitrogens is 2. The Kier molecular flexibility index (Phi) is 3.84. The van der Waals surface area contributed by atoms with Crippen molar-refractivity contribution < 1.29 is 9.59 Å². The average Bonchev–Trinajstić information content (AvgIpc) is 2.83. The van der Waals surface area contributed by atoms with Gasteiger partial charge < -0.3 is 15.1 Å². The quantitative estimate of drug-likeness (QED) is 0.735. The van der Waals surface area contributed by atoms with E-state index in [4.69, 9.17) is 0 Å². The number of amides is 2. The highest BCUT2D eigenvalue weighted by Crippen LogP contribution is 2.13. The van der Waals surface area contributed by atoms with E-state index in [9.17, 15) is 9.59 Å². The van der Waals surface area contributed by atoms with Gasteiger partial charge in [-0.25, -0.2) is 0 Å². The molecule has 0 aromatic carbocycles. The second kappa shape index (κ2) is 5.40. The lowest BCUT2D eigenvalue weighted by Gasteiger charge is -2.36. The Morgan fingerprint density at radius 1 is 1.47 bits per heavy atom. The summed E-state index contributed by atoms with van der Waals surface area (Å²) >= 11 is 0. The van der Waals surface area contributed by atoms with Crippen molar-refractivity contribution in [1.82, 2.24) is 25.3 Å². The maximum atomic E-state index is 12.5. The number of aromatic amines is 1. The zero-order valence-corrected chi connectivity index (χ0v) is 11.4. The maximum absolute atomic E-state index is 12.5. The molecule has 1 fully saturated rings. The molecule has 2 N–H and O–H groups in total. The summed E-state index contributed by atoms with van der Waals surface area (Å²) in [6.07, 6.45) is 1.51. The van der Waals surface area contributed by atoms with Crippen LogP contribution in [0.5, 0.6) is 0 Å².